The van der Waals surface area contributed by atoms with Gasteiger partial charge in [0.05, 0.1) is 17.2 Å². The van der Waals surface area contributed by atoms with Gasteiger partial charge in [-0.05, 0) is 54.3 Å². The van der Waals surface area contributed by atoms with Crippen LogP contribution in [0.25, 0.3) is 6.08 Å². The smallest absolute Gasteiger partial charge is 0.264 e. The van der Waals surface area contributed by atoms with Gasteiger partial charge in [-0.15, -0.1) is 0 Å². The number of allylic oxidation sites excluding steroid dienone is 1. The molecular formula is C36H34N6O5. The zero-order valence-electron chi connectivity index (χ0n) is 25.6. The minimum atomic E-state index is -0.881. The average molecular weight is 631 g/mol. The Hall–Kier alpha value is -5.97. The van der Waals surface area contributed by atoms with Crippen molar-refractivity contribution >= 4 is 35.4 Å². The zero-order valence-corrected chi connectivity index (χ0v) is 25.6. The van der Waals surface area contributed by atoms with Gasteiger partial charge in [0.2, 0.25) is 11.8 Å². The number of benzene rings is 2. The molecule has 238 valence electrons. The Balaban J connectivity index is 1.09. The number of para-hydroxylation sites is 1. The summed E-state index contributed by atoms with van der Waals surface area (Å²) in [7, 11) is 0. The molecule has 11 nitrogen and oxygen atoms in total. The molecule has 6 rings (SSSR count). The van der Waals surface area contributed by atoms with Crippen molar-refractivity contribution in [3.8, 4) is 5.75 Å². The number of rotatable bonds is 12. The number of nitrogens with zero attached hydrogens (tertiary/aromatic N) is 3. The van der Waals surface area contributed by atoms with Gasteiger partial charge in [0, 0.05) is 48.3 Å². The van der Waals surface area contributed by atoms with Gasteiger partial charge in [0.15, 0.2) is 0 Å². The molecule has 2 aliphatic heterocycles. The summed E-state index contributed by atoms with van der Waals surface area (Å²) in [6.45, 7) is 8.21. The van der Waals surface area contributed by atoms with Gasteiger partial charge in [0.1, 0.15) is 24.9 Å². The summed E-state index contributed by atoms with van der Waals surface area (Å²) < 4.78 is 7.84. The highest BCUT2D eigenvalue weighted by Gasteiger charge is 2.45. The highest BCUT2D eigenvalue weighted by Crippen LogP contribution is 2.33. The van der Waals surface area contributed by atoms with Crippen LogP contribution < -0.4 is 20.7 Å². The van der Waals surface area contributed by atoms with E-state index in [1.165, 1.54) is 0 Å². The molecule has 0 spiro atoms. The van der Waals surface area contributed by atoms with E-state index in [4.69, 9.17) is 4.74 Å². The van der Waals surface area contributed by atoms with Crippen molar-refractivity contribution in [2.45, 2.75) is 38.0 Å². The van der Waals surface area contributed by atoms with Crippen LogP contribution in [0.15, 0.2) is 104 Å². The summed E-state index contributed by atoms with van der Waals surface area (Å²) in [4.78, 5) is 57.6. The number of hydrogen-bond donors (Lipinski definition) is 3. The SMILES string of the molecule is C=Cc1ccccc1OCC(NC(=O)Cn1ccc(CNc2cccc3c2C(=O)N(C2CCC(=C)NC2=O)C3=O)c1)c1cccnc1. The third-order valence-corrected chi connectivity index (χ3v) is 8.17. The standard InChI is InChI=1S/C36H34N6O5/c1-3-25-8-4-5-12-31(25)47-22-29(26-9-7-16-37-19-26)40-32(43)21-41-17-15-24(20-41)18-38-28-11-6-10-27-33(28)36(46)42(35(27)45)30-14-13-23(2)39-34(30)44/h3-12,15-17,19-20,29-30,38H,1-2,13-14,18,21-22H2,(H,39,44)(H,40,43). The first-order chi connectivity index (χ1) is 22.8. The maximum Gasteiger partial charge on any atom is 0.264 e. The Morgan fingerprint density at radius 2 is 1.94 bits per heavy atom. The number of imide groups is 1. The van der Waals surface area contributed by atoms with E-state index < -0.39 is 29.8 Å². The van der Waals surface area contributed by atoms with E-state index in [0.29, 0.717) is 36.5 Å². The number of hydrogen-bond acceptors (Lipinski definition) is 7. The molecule has 11 heteroatoms. The number of piperidine rings is 1. The molecule has 2 aromatic heterocycles. The van der Waals surface area contributed by atoms with Crippen molar-refractivity contribution in [1.29, 1.82) is 0 Å². The monoisotopic (exact) mass is 630 g/mol. The summed E-state index contributed by atoms with van der Waals surface area (Å²) in [6.07, 6.45) is 9.55. The van der Waals surface area contributed by atoms with Gasteiger partial charge in [-0.2, -0.15) is 0 Å². The quantitative estimate of drug-likeness (QED) is 0.197. The molecule has 2 aromatic carbocycles. The summed E-state index contributed by atoms with van der Waals surface area (Å²) >= 11 is 0. The number of pyridine rings is 1. The highest BCUT2D eigenvalue weighted by molar-refractivity contribution is 6.25. The predicted molar refractivity (Wildman–Crippen MR) is 176 cm³/mol. The number of anilines is 1. The Bertz CT molecular complexity index is 1870. The van der Waals surface area contributed by atoms with E-state index in [0.717, 1.165) is 21.6 Å². The van der Waals surface area contributed by atoms with Crippen molar-refractivity contribution in [1.82, 2.24) is 25.1 Å². The van der Waals surface area contributed by atoms with Gasteiger partial charge >= 0.3 is 0 Å². The molecule has 47 heavy (non-hydrogen) atoms. The lowest BCUT2D eigenvalue weighted by Gasteiger charge is -2.29. The number of carbonyl (C=O) groups excluding carboxylic acids is 4. The molecule has 2 unspecified atom stereocenters. The van der Waals surface area contributed by atoms with E-state index in [1.54, 1.807) is 47.4 Å². The number of ether oxygens (including phenoxy) is 1. The molecule has 0 bridgehead atoms. The number of amides is 4. The molecule has 0 radical (unpaired) electrons. The van der Waals surface area contributed by atoms with Gasteiger partial charge in [-0.25, -0.2) is 0 Å². The summed E-state index contributed by atoms with van der Waals surface area (Å²) in [6, 6.07) is 16.8. The molecule has 0 aliphatic carbocycles. The molecule has 4 heterocycles. The van der Waals surface area contributed by atoms with Gasteiger partial charge in [-0.3, -0.25) is 29.1 Å². The van der Waals surface area contributed by atoms with E-state index >= 15 is 0 Å². The normalized spacial score (nSPS) is 16.3. The largest absolute Gasteiger partial charge is 0.490 e. The number of fused-ring (bicyclic) bond motifs is 1. The second-order valence-electron chi connectivity index (χ2n) is 11.4. The fourth-order valence-corrected chi connectivity index (χ4v) is 5.80. The molecule has 4 amide bonds. The fraction of sp³-hybridized carbons (Fsp3) is 0.194. The lowest BCUT2D eigenvalue weighted by atomic mass is 10.0. The van der Waals surface area contributed by atoms with Gasteiger partial charge in [0.25, 0.3) is 11.8 Å². The zero-order chi connectivity index (χ0) is 32.9. The van der Waals surface area contributed by atoms with Crippen LogP contribution in [0, 0.1) is 0 Å². The van der Waals surface area contributed by atoms with Crippen molar-refractivity contribution < 1.29 is 23.9 Å². The molecule has 3 N–H and O–H groups in total. The topological polar surface area (TPSA) is 135 Å². The Kier molecular flexibility index (Phi) is 8.96. The highest BCUT2D eigenvalue weighted by atomic mass is 16.5. The van der Waals surface area contributed by atoms with Gasteiger partial charge in [-0.1, -0.05) is 49.6 Å². The summed E-state index contributed by atoms with van der Waals surface area (Å²) in [5, 5.41) is 8.96. The maximum atomic E-state index is 13.4. The summed E-state index contributed by atoms with van der Waals surface area (Å²) in [5.41, 5.74) is 4.09. The van der Waals surface area contributed by atoms with Crippen LogP contribution in [0.1, 0.15) is 56.3 Å². The second-order valence-corrected chi connectivity index (χ2v) is 11.4. The lowest BCUT2D eigenvalue weighted by molar-refractivity contribution is -0.125. The number of aromatic nitrogens is 2. The third kappa shape index (κ3) is 6.69. The number of carbonyl (C=O) groups is 4. The van der Waals surface area contributed by atoms with Crippen LogP contribution in [0.5, 0.6) is 5.75 Å². The summed E-state index contributed by atoms with van der Waals surface area (Å²) in [5.74, 6) is -0.946. The number of nitrogens with one attached hydrogen (secondary N) is 3. The van der Waals surface area contributed by atoms with Crippen LogP contribution in [0.2, 0.25) is 0 Å². The van der Waals surface area contributed by atoms with E-state index in [-0.39, 0.29) is 30.2 Å². The molecule has 0 saturated carbocycles. The van der Waals surface area contributed by atoms with Crippen LogP contribution >= 0.6 is 0 Å². The van der Waals surface area contributed by atoms with Gasteiger partial charge < -0.3 is 25.3 Å². The average Bonchev–Trinajstić information content (AvgIpc) is 3.63. The first-order valence-electron chi connectivity index (χ1n) is 15.2. The van der Waals surface area contributed by atoms with E-state index in [1.807, 2.05) is 48.7 Å². The van der Waals surface area contributed by atoms with E-state index in [9.17, 15) is 19.2 Å². The maximum absolute atomic E-state index is 13.4. The van der Waals surface area contributed by atoms with Crippen LogP contribution in [-0.4, -0.2) is 50.7 Å². The van der Waals surface area contributed by atoms with Crippen molar-refractivity contribution in [3.63, 3.8) is 0 Å². The Morgan fingerprint density at radius 3 is 2.72 bits per heavy atom. The molecule has 1 saturated heterocycles. The third-order valence-electron chi connectivity index (χ3n) is 8.17. The Labute approximate surface area is 271 Å². The first kappa shape index (κ1) is 31.0. The van der Waals surface area contributed by atoms with Crippen molar-refractivity contribution in [2.24, 2.45) is 0 Å². The first-order valence-corrected chi connectivity index (χ1v) is 15.2. The van der Waals surface area contributed by atoms with Crippen LogP contribution in [-0.2, 0) is 22.7 Å². The molecule has 2 atom stereocenters. The molecule has 1 fully saturated rings. The molecular weight excluding hydrogens is 596 g/mol. The lowest BCUT2D eigenvalue weighted by Crippen LogP contribution is -2.51. The van der Waals surface area contributed by atoms with Crippen molar-refractivity contribution in [2.75, 3.05) is 11.9 Å². The molecule has 4 aromatic rings. The molecule has 2 aliphatic rings. The van der Waals surface area contributed by atoms with Crippen LogP contribution in [0.3, 0.4) is 0 Å². The van der Waals surface area contributed by atoms with E-state index in [2.05, 4.69) is 34.1 Å². The minimum absolute atomic E-state index is 0.0680. The van der Waals surface area contributed by atoms with Crippen molar-refractivity contribution in [3.05, 3.63) is 132 Å². The fourth-order valence-electron chi connectivity index (χ4n) is 5.80. The Morgan fingerprint density at radius 1 is 1.09 bits per heavy atom. The second kappa shape index (κ2) is 13.6. The predicted octanol–water partition coefficient (Wildman–Crippen LogP) is 4.46. The minimum Gasteiger partial charge on any atom is -0.490 e. The van der Waals surface area contributed by atoms with Crippen LogP contribution in [0.4, 0.5) is 5.69 Å².